The van der Waals surface area contributed by atoms with Crippen molar-refractivity contribution in [1.29, 1.82) is 0 Å². The number of halogens is 1. The Hall–Kier alpha value is -2.11. The molecule has 2 N–H and O–H groups in total. The van der Waals surface area contributed by atoms with Crippen LogP contribution < -0.4 is 10.6 Å². The molecule has 1 atom stereocenters. The molecule has 23 heavy (non-hydrogen) atoms. The van der Waals surface area contributed by atoms with Gasteiger partial charge in [0.15, 0.2) is 0 Å². The van der Waals surface area contributed by atoms with Gasteiger partial charge in [-0.2, -0.15) is 0 Å². The standard InChI is InChI=1S/C17H25FN2O3/c1-4-23-17(22)20-15(8-12(2)3)11-19-16(21)10-13-6-5-7-14(18)9-13/h5-7,9,12,15H,4,8,10-11H2,1-3H3,(H,19,21)(H,20,22). The van der Waals surface area contributed by atoms with E-state index >= 15 is 0 Å². The van der Waals surface area contributed by atoms with Crippen molar-refractivity contribution in [2.24, 2.45) is 5.92 Å². The molecule has 0 saturated heterocycles. The molecule has 0 heterocycles. The number of benzene rings is 1. The van der Waals surface area contributed by atoms with E-state index in [1.807, 2.05) is 13.8 Å². The predicted molar refractivity (Wildman–Crippen MR) is 86.5 cm³/mol. The number of amides is 2. The van der Waals surface area contributed by atoms with E-state index in [0.29, 0.717) is 24.6 Å². The number of rotatable bonds is 8. The summed E-state index contributed by atoms with van der Waals surface area (Å²) in [6.07, 6.45) is 0.336. The summed E-state index contributed by atoms with van der Waals surface area (Å²) < 4.78 is 18.0. The molecule has 0 aliphatic carbocycles. The van der Waals surface area contributed by atoms with Crippen LogP contribution in [0.3, 0.4) is 0 Å². The van der Waals surface area contributed by atoms with Crippen molar-refractivity contribution >= 4 is 12.0 Å². The fourth-order valence-electron chi connectivity index (χ4n) is 2.23. The number of carbonyl (C=O) groups is 2. The molecule has 0 radical (unpaired) electrons. The molecule has 5 nitrogen and oxygen atoms in total. The first-order valence-corrected chi connectivity index (χ1v) is 7.85. The van der Waals surface area contributed by atoms with Gasteiger partial charge in [0, 0.05) is 12.6 Å². The highest BCUT2D eigenvalue weighted by Gasteiger charge is 2.16. The summed E-state index contributed by atoms with van der Waals surface area (Å²) >= 11 is 0. The molecular weight excluding hydrogens is 299 g/mol. The molecule has 0 aromatic heterocycles. The van der Waals surface area contributed by atoms with Gasteiger partial charge in [-0.05, 0) is 37.0 Å². The molecule has 1 unspecified atom stereocenters. The number of ether oxygens (including phenoxy) is 1. The summed E-state index contributed by atoms with van der Waals surface area (Å²) in [5.41, 5.74) is 0.612. The summed E-state index contributed by atoms with van der Waals surface area (Å²) in [4.78, 5) is 23.5. The number of alkyl carbamates (subject to hydrolysis) is 1. The first-order valence-electron chi connectivity index (χ1n) is 7.85. The normalized spacial score (nSPS) is 11.9. The smallest absolute Gasteiger partial charge is 0.407 e. The summed E-state index contributed by atoms with van der Waals surface area (Å²) in [5.74, 6) is -0.214. The van der Waals surface area contributed by atoms with Gasteiger partial charge >= 0.3 is 6.09 Å². The largest absolute Gasteiger partial charge is 0.450 e. The Kier molecular flexibility index (Phi) is 8.08. The van der Waals surface area contributed by atoms with Crippen molar-refractivity contribution in [1.82, 2.24) is 10.6 Å². The first kappa shape index (κ1) is 18.9. The van der Waals surface area contributed by atoms with Crippen molar-refractivity contribution in [3.8, 4) is 0 Å². The fourth-order valence-corrected chi connectivity index (χ4v) is 2.23. The zero-order chi connectivity index (χ0) is 17.2. The molecule has 0 saturated carbocycles. The summed E-state index contributed by atoms with van der Waals surface area (Å²) in [6, 6.07) is 5.74. The van der Waals surface area contributed by atoms with Crippen LogP contribution in [0.2, 0.25) is 0 Å². The Morgan fingerprint density at radius 1 is 1.30 bits per heavy atom. The minimum Gasteiger partial charge on any atom is -0.450 e. The quantitative estimate of drug-likeness (QED) is 0.772. The maximum Gasteiger partial charge on any atom is 0.407 e. The monoisotopic (exact) mass is 324 g/mol. The van der Waals surface area contributed by atoms with E-state index in [-0.39, 0.29) is 24.2 Å². The number of nitrogens with one attached hydrogen (secondary N) is 2. The zero-order valence-corrected chi connectivity index (χ0v) is 13.9. The van der Waals surface area contributed by atoms with Crippen LogP contribution in [0, 0.1) is 11.7 Å². The summed E-state index contributed by atoms with van der Waals surface area (Å²) in [5, 5.41) is 5.51. The number of carbonyl (C=O) groups excluding carboxylic acids is 2. The molecule has 1 aromatic carbocycles. The lowest BCUT2D eigenvalue weighted by atomic mass is 10.0. The Balaban J connectivity index is 2.49. The highest BCUT2D eigenvalue weighted by Crippen LogP contribution is 2.06. The van der Waals surface area contributed by atoms with Gasteiger partial charge in [-0.1, -0.05) is 26.0 Å². The fraction of sp³-hybridized carbons (Fsp3) is 0.529. The molecule has 0 aliphatic heterocycles. The summed E-state index contributed by atoms with van der Waals surface area (Å²) in [6.45, 7) is 6.41. The van der Waals surface area contributed by atoms with Gasteiger partial charge in [0.25, 0.3) is 0 Å². The topological polar surface area (TPSA) is 67.4 Å². The SMILES string of the molecule is CCOC(=O)NC(CNC(=O)Cc1cccc(F)c1)CC(C)C. The van der Waals surface area contributed by atoms with E-state index in [0.717, 1.165) is 6.42 Å². The minimum atomic E-state index is -0.488. The third-order valence-electron chi connectivity index (χ3n) is 3.15. The van der Waals surface area contributed by atoms with Crippen molar-refractivity contribution in [2.75, 3.05) is 13.2 Å². The molecule has 0 fully saturated rings. The highest BCUT2D eigenvalue weighted by molar-refractivity contribution is 5.78. The molecular formula is C17H25FN2O3. The molecule has 0 spiro atoms. The van der Waals surface area contributed by atoms with Gasteiger partial charge in [-0.15, -0.1) is 0 Å². The second-order valence-corrected chi connectivity index (χ2v) is 5.80. The van der Waals surface area contributed by atoms with Crippen molar-refractivity contribution in [3.63, 3.8) is 0 Å². The van der Waals surface area contributed by atoms with Crippen molar-refractivity contribution < 1.29 is 18.7 Å². The average Bonchev–Trinajstić information content (AvgIpc) is 2.44. The second-order valence-electron chi connectivity index (χ2n) is 5.80. The van der Waals surface area contributed by atoms with Crippen LogP contribution in [0.5, 0.6) is 0 Å². The van der Waals surface area contributed by atoms with Gasteiger partial charge in [-0.3, -0.25) is 4.79 Å². The van der Waals surface area contributed by atoms with Gasteiger partial charge in [0.05, 0.1) is 13.0 Å². The Morgan fingerprint density at radius 3 is 2.65 bits per heavy atom. The van der Waals surface area contributed by atoms with Gasteiger partial charge < -0.3 is 15.4 Å². The van der Waals surface area contributed by atoms with Gasteiger partial charge in [-0.25, -0.2) is 9.18 Å². The lowest BCUT2D eigenvalue weighted by Crippen LogP contribution is -2.44. The molecule has 1 rings (SSSR count). The summed E-state index contributed by atoms with van der Waals surface area (Å²) in [7, 11) is 0. The Bertz CT molecular complexity index is 520. The predicted octanol–water partition coefficient (Wildman–Crippen LogP) is 2.65. The number of hydrogen-bond acceptors (Lipinski definition) is 3. The van der Waals surface area contributed by atoms with Crippen LogP contribution in [0.4, 0.5) is 9.18 Å². The third kappa shape index (κ3) is 8.18. The van der Waals surface area contributed by atoms with Crippen molar-refractivity contribution in [3.05, 3.63) is 35.6 Å². The molecule has 0 bridgehead atoms. The Labute approximate surface area is 136 Å². The van der Waals surface area contributed by atoms with Crippen LogP contribution >= 0.6 is 0 Å². The lowest BCUT2D eigenvalue weighted by Gasteiger charge is -2.20. The highest BCUT2D eigenvalue weighted by atomic mass is 19.1. The lowest BCUT2D eigenvalue weighted by molar-refractivity contribution is -0.120. The van der Waals surface area contributed by atoms with Gasteiger partial charge in [0.1, 0.15) is 5.82 Å². The van der Waals surface area contributed by atoms with Crippen LogP contribution in [-0.4, -0.2) is 31.2 Å². The van der Waals surface area contributed by atoms with E-state index in [4.69, 9.17) is 4.74 Å². The average molecular weight is 324 g/mol. The van der Waals surface area contributed by atoms with Crippen LogP contribution in [-0.2, 0) is 16.0 Å². The van der Waals surface area contributed by atoms with Crippen molar-refractivity contribution in [2.45, 2.75) is 39.7 Å². The van der Waals surface area contributed by atoms with E-state index < -0.39 is 6.09 Å². The minimum absolute atomic E-state index is 0.103. The molecule has 128 valence electrons. The zero-order valence-electron chi connectivity index (χ0n) is 13.9. The Morgan fingerprint density at radius 2 is 2.04 bits per heavy atom. The second kappa shape index (κ2) is 9.82. The maximum absolute atomic E-state index is 13.1. The van der Waals surface area contributed by atoms with E-state index in [1.54, 1.807) is 19.1 Å². The molecule has 0 aliphatic rings. The van der Waals surface area contributed by atoms with Crippen LogP contribution in [0.15, 0.2) is 24.3 Å². The van der Waals surface area contributed by atoms with E-state index in [1.165, 1.54) is 12.1 Å². The first-order chi connectivity index (χ1) is 10.9. The van der Waals surface area contributed by atoms with Crippen LogP contribution in [0.25, 0.3) is 0 Å². The molecule has 1 aromatic rings. The third-order valence-corrected chi connectivity index (χ3v) is 3.15. The maximum atomic E-state index is 13.1. The number of hydrogen-bond donors (Lipinski definition) is 2. The van der Waals surface area contributed by atoms with Crippen LogP contribution in [0.1, 0.15) is 32.8 Å². The van der Waals surface area contributed by atoms with E-state index in [2.05, 4.69) is 10.6 Å². The van der Waals surface area contributed by atoms with E-state index in [9.17, 15) is 14.0 Å². The molecule has 6 heteroatoms. The van der Waals surface area contributed by atoms with Gasteiger partial charge in [0.2, 0.25) is 5.91 Å². The molecule has 2 amide bonds.